The molecule has 0 aliphatic rings. The summed E-state index contributed by atoms with van der Waals surface area (Å²) in [5, 5.41) is 0. The average Bonchev–Trinajstić information content (AvgIpc) is 2.16. The quantitative estimate of drug-likeness (QED) is 0.787. The number of nitrogens with two attached hydrogens (primary N) is 1. The van der Waals surface area contributed by atoms with Crippen molar-refractivity contribution < 1.29 is 8.42 Å². The summed E-state index contributed by atoms with van der Waals surface area (Å²) in [5.74, 6) is 0. The lowest BCUT2D eigenvalue weighted by Gasteiger charge is -2.14. The largest absolute Gasteiger partial charge is 0.399 e. The molecule has 0 spiro atoms. The first kappa shape index (κ1) is 12.0. The molecule has 0 saturated carbocycles. The van der Waals surface area contributed by atoms with E-state index in [0.29, 0.717) is 17.0 Å². The monoisotopic (exact) mass is 228 g/mol. The molecule has 0 atom stereocenters. The lowest BCUT2D eigenvalue weighted by molar-refractivity contribution is 0.519. The molecule has 0 amide bonds. The lowest BCUT2D eigenvalue weighted by atomic mass is 10.1. The summed E-state index contributed by atoms with van der Waals surface area (Å²) in [6, 6.07) is 4.87. The van der Waals surface area contributed by atoms with Crippen LogP contribution >= 0.6 is 0 Å². The Morgan fingerprint density at radius 1 is 1.33 bits per heavy atom. The van der Waals surface area contributed by atoms with Crippen molar-refractivity contribution in [3.63, 3.8) is 0 Å². The molecular weight excluding hydrogens is 212 g/mol. The number of nitrogen functional groups attached to an aromatic ring is 1. The van der Waals surface area contributed by atoms with E-state index in [-0.39, 0.29) is 0 Å². The van der Waals surface area contributed by atoms with Crippen LogP contribution in [0.3, 0.4) is 0 Å². The molecule has 5 heteroatoms. The molecule has 0 radical (unpaired) electrons. The molecule has 0 aliphatic carbocycles. The van der Waals surface area contributed by atoms with Gasteiger partial charge in [0.25, 0.3) is 0 Å². The summed E-state index contributed by atoms with van der Waals surface area (Å²) in [5.41, 5.74) is 6.95. The predicted octanol–water partition coefficient (Wildman–Crippen LogP) is 1.08. The van der Waals surface area contributed by atoms with Gasteiger partial charge in [0.15, 0.2) is 0 Å². The Hall–Kier alpha value is -1.07. The highest BCUT2D eigenvalue weighted by Gasteiger charge is 2.20. The van der Waals surface area contributed by atoms with Gasteiger partial charge in [0, 0.05) is 19.8 Å². The third-order valence-electron chi connectivity index (χ3n) is 2.22. The number of aryl methyl sites for hydroxylation is 1. The molecule has 1 aromatic rings. The third-order valence-corrected chi connectivity index (χ3v) is 4.14. The molecule has 0 bridgehead atoms. The molecule has 84 valence electrons. The Labute approximate surface area is 90.8 Å². The summed E-state index contributed by atoms with van der Waals surface area (Å²) >= 11 is 0. The second-order valence-electron chi connectivity index (χ2n) is 3.51. The van der Waals surface area contributed by atoms with Crippen LogP contribution in [0, 0.1) is 0 Å². The molecule has 0 aliphatic heterocycles. The number of anilines is 1. The van der Waals surface area contributed by atoms with E-state index in [1.54, 1.807) is 18.2 Å². The molecule has 0 fully saturated rings. The topological polar surface area (TPSA) is 63.4 Å². The van der Waals surface area contributed by atoms with E-state index in [1.807, 2.05) is 6.92 Å². The third kappa shape index (κ3) is 2.30. The van der Waals surface area contributed by atoms with E-state index < -0.39 is 10.0 Å². The highest BCUT2D eigenvalue weighted by molar-refractivity contribution is 7.89. The molecule has 1 aromatic carbocycles. The van der Waals surface area contributed by atoms with Crippen LogP contribution in [0.15, 0.2) is 23.1 Å². The van der Waals surface area contributed by atoms with Crippen LogP contribution in [0.5, 0.6) is 0 Å². The van der Waals surface area contributed by atoms with Gasteiger partial charge >= 0.3 is 0 Å². The van der Waals surface area contributed by atoms with Crippen molar-refractivity contribution >= 4 is 15.7 Å². The van der Waals surface area contributed by atoms with Crippen LogP contribution in [0.2, 0.25) is 0 Å². The molecule has 0 saturated heterocycles. The lowest BCUT2D eigenvalue weighted by Crippen LogP contribution is -2.23. The van der Waals surface area contributed by atoms with Gasteiger partial charge in [-0.15, -0.1) is 0 Å². The van der Waals surface area contributed by atoms with Gasteiger partial charge in [-0.05, 0) is 30.2 Å². The first-order valence-corrected chi connectivity index (χ1v) is 6.14. The number of rotatable bonds is 3. The summed E-state index contributed by atoms with van der Waals surface area (Å²) in [7, 11) is -0.321. The van der Waals surface area contributed by atoms with Gasteiger partial charge in [-0.2, -0.15) is 0 Å². The van der Waals surface area contributed by atoms with E-state index in [1.165, 1.54) is 18.4 Å². The van der Waals surface area contributed by atoms with E-state index in [4.69, 9.17) is 5.73 Å². The summed E-state index contributed by atoms with van der Waals surface area (Å²) in [6.07, 6.45) is 0.646. The van der Waals surface area contributed by atoms with Crippen LogP contribution in [-0.4, -0.2) is 26.8 Å². The second kappa shape index (κ2) is 4.20. The molecule has 2 N–H and O–H groups in total. The van der Waals surface area contributed by atoms with Crippen LogP contribution in [-0.2, 0) is 16.4 Å². The minimum absolute atomic E-state index is 0.337. The van der Waals surface area contributed by atoms with E-state index in [0.717, 1.165) is 5.56 Å². The standard InChI is InChI=1S/C10H16N2O2S/c1-4-8-7-9(11)5-6-10(8)15(13,14)12(2)3/h5-7H,4,11H2,1-3H3. The maximum atomic E-state index is 11.9. The normalized spacial score (nSPS) is 12.0. The van der Waals surface area contributed by atoms with Gasteiger partial charge in [-0.25, -0.2) is 12.7 Å². The number of sulfonamides is 1. The first-order chi connectivity index (χ1) is 6.89. The SMILES string of the molecule is CCc1cc(N)ccc1S(=O)(=O)N(C)C. The Balaban J connectivity index is 3.38. The van der Waals surface area contributed by atoms with E-state index >= 15 is 0 Å². The predicted molar refractivity (Wildman–Crippen MR) is 61.1 cm³/mol. The van der Waals surface area contributed by atoms with Gasteiger partial charge in [0.1, 0.15) is 0 Å². The van der Waals surface area contributed by atoms with Gasteiger partial charge in [-0.3, -0.25) is 0 Å². The van der Waals surface area contributed by atoms with Gasteiger partial charge in [0.05, 0.1) is 4.90 Å². The second-order valence-corrected chi connectivity index (χ2v) is 5.63. The van der Waals surface area contributed by atoms with Crippen molar-refractivity contribution in [3.05, 3.63) is 23.8 Å². The maximum absolute atomic E-state index is 11.9. The van der Waals surface area contributed by atoms with Crippen LogP contribution in [0.25, 0.3) is 0 Å². The van der Waals surface area contributed by atoms with Crippen molar-refractivity contribution in [2.75, 3.05) is 19.8 Å². The van der Waals surface area contributed by atoms with Gasteiger partial charge in [-0.1, -0.05) is 6.92 Å². The van der Waals surface area contributed by atoms with Crippen molar-refractivity contribution in [2.45, 2.75) is 18.2 Å². The molecule has 0 unspecified atom stereocenters. The molecule has 1 rings (SSSR count). The zero-order chi connectivity index (χ0) is 11.6. The molecule has 15 heavy (non-hydrogen) atoms. The number of hydrogen-bond acceptors (Lipinski definition) is 3. The van der Waals surface area contributed by atoms with Crippen LogP contribution in [0.4, 0.5) is 5.69 Å². The van der Waals surface area contributed by atoms with Crippen molar-refractivity contribution in [1.82, 2.24) is 4.31 Å². The van der Waals surface area contributed by atoms with E-state index in [2.05, 4.69) is 0 Å². The van der Waals surface area contributed by atoms with Crippen molar-refractivity contribution in [2.24, 2.45) is 0 Å². The average molecular weight is 228 g/mol. The zero-order valence-corrected chi connectivity index (χ0v) is 10.0. The minimum Gasteiger partial charge on any atom is -0.399 e. The van der Waals surface area contributed by atoms with Crippen molar-refractivity contribution in [1.29, 1.82) is 0 Å². The Morgan fingerprint density at radius 3 is 2.40 bits per heavy atom. The number of benzene rings is 1. The molecule has 4 nitrogen and oxygen atoms in total. The van der Waals surface area contributed by atoms with Gasteiger partial charge in [0.2, 0.25) is 10.0 Å². The van der Waals surface area contributed by atoms with Crippen LogP contribution in [0.1, 0.15) is 12.5 Å². The van der Waals surface area contributed by atoms with Gasteiger partial charge < -0.3 is 5.73 Å². The number of nitrogens with zero attached hydrogens (tertiary/aromatic N) is 1. The highest BCUT2D eigenvalue weighted by Crippen LogP contribution is 2.21. The fourth-order valence-electron chi connectivity index (χ4n) is 1.32. The summed E-state index contributed by atoms with van der Waals surface area (Å²) < 4.78 is 25.0. The van der Waals surface area contributed by atoms with Crippen molar-refractivity contribution in [3.8, 4) is 0 Å². The molecule has 0 heterocycles. The summed E-state index contributed by atoms with van der Waals surface area (Å²) in [6.45, 7) is 1.91. The fourth-order valence-corrected chi connectivity index (χ4v) is 2.49. The van der Waals surface area contributed by atoms with E-state index in [9.17, 15) is 8.42 Å². The zero-order valence-electron chi connectivity index (χ0n) is 9.19. The minimum atomic E-state index is -3.36. The highest BCUT2D eigenvalue weighted by atomic mass is 32.2. The molecule has 0 aromatic heterocycles. The Kier molecular flexibility index (Phi) is 3.36. The summed E-state index contributed by atoms with van der Waals surface area (Å²) in [4.78, 5) is 0.337. The molecular formula is C10H16N2O2S. The first-order valence-electron chi connectivity index (χ1n) is 4.70. The smallest absolute Gasteiger partial charge is 0.242 e. The Morgan fingerprint density at radius 2 is 1.93 bits per heavy atom. The number of hydrogen-bond donors (Lipinski definition) is 1. The maximum Gasteiger partial charge on any atom is 0.242 e. The Bertz CT molecular complexity index is 452. The van der Waals surface area contributed by atoms with Crippen LogP contribution < -0.4 is 5.73 Å². The fraction of sp³-hybridized carbons (Fsp3) is 0.400.